The number of ketones is 1. The Morgan fingerprint density at radius 2 is 2.24 bits per heavy atom. The lowest BCUT2D eigenvalue weighted by atomic mass is 9.84. The van der Waals surface area contributed by atoms with Gasteiger partial charge in [-0.05, 0) is 53.6 Å². The van der Waals surface area contributed by atoms with Crippen LogP contribution in [-0.4, -0.2) is 11.8 Å². The van der Waals surface area contributed by atoms with E-state index in [1.807, 2.05) is 25.1 Å². The molecule has 2 nitrogen and oxygen atoms in total. The van der Waals surface area contributed by atoms with Gasteiger partial charge in [-0.2, -0.15) is 0 Å². The van der Waals surface area contributed by atoms with Crippen LogP contribution in [0.25, 0.3) is 0 Å². The summed E-state index contributed by atoms with van der Waals surface area (Å²) in [4.78, 5) is 11.7. The van der Waals surface area contributed by atoms with Crippen LogP contribution in [0, 0.1) is 9.49 Å². The minimum Gasteiger partial charge on any atom is -0.381 e. The number of Topliss-reactive ketones (excluding diaryl/α,β-unsaturated/α-hetero) is 1. The summed E-state index contributed by atoms with van der Waals surface area (Å²) in [6.07, 6.45) is 2.79. The quantitative estimate of drug-likeness (QED) is 0.801. The van der Waals surface area contributed by atoms with Crippen LogP contribution in [-0.2, 0) is 4.79 Å². The number of nitrogens with one attached hydrogen (secondary N) is 1. The largest absolute Gasteiger partial charge is 0.381 e. The van der Waals surface area contributed by atoms with Crippen molar-refractivity contribution in [1.29, 1.82) is 0 Å². The maximum Gasteiger partial charge on any atom is 0.137 e. The van der Waals surface area contributed by atoms with Gasteiger partial charge in [-0.1, -0.05) is 18.5 Å². The lowest BCUT2D eigenvalue weighted by Crippen LogP contribution is -2.36. The summed E-state index contributed by atoms with van der Waals surface area (Å²) in [5.74, 6) is 0.480. The van der Waals surface area contributed by atoms with Crippen LogP contribution in [0.3, 0.4) is 0 Å². The molecule has 0 heterocycles. The molecule has 1 fully saturated rings. The molecule has 0 bridgehead atoms. The van der Waals surface area contributed by atoms with Crippen molar-refractivity contribution in [2.24, 2.45) is 5.92 Å². The fourth-order valence-electron chi connectivity index (χ4n) is 2.20. The smallest absolute Gasteiger partial charge is 0.137 e. The Kier molecular flexibility index (Phi) is 4.31. The minimum atomic E-state index is 0.107. The Hall–Kier alpha value is -0.290. The molecule has 0 aliphatic heterocycles. The van der Waals surface area contributed by atoms with Crippen molar-refractivity contribution in [3.05, 3.63) is 26.8 Å². The maximum atomic E-state index is 11.7. The Labute approximate surface area is 120 Å². The number of benzene rings is 1. The zero-order valence-electron chi connectivity index (χ0n) is 9.67. The summed E-state index contributed by atoms with van der Waals surface area (Å²) < 4.78 is 1.10. The molecule has 0 radical (unpaired) electrons. The topological polar surface area (TPSA) is 29.1 Å². The maximum absolute atomic E-state index is 11.7. The van der Waals surface area contributed by atoms with Gasteiger partial charge in [0.15, 0.2) is 0 Å². The molecule has 1 aliphatic rings. The Morgan fingerprint density at radius 3 is 2.94 bits per heavy atom. The van der Waals surface area contributed by atoms with E-state index in [-0.39, 0.29) is 12.0 Å². The van der Waals surface area contributed by atoms with Crippen molar-refractivity contribution in [3.63, 3.8) is 0 Å². The molecular formula is C13H15ClINO. The standard InChI is InChI=1S/C13H15ClINO/c1-8-11(3-2-4-13(8)17)16-12-6-5-9(14)7-10(12)15/h5-8,11,16H,2-4H2,1H3. The van der Waals surface area contributed by atoms with Crippen LogP contribution in [0.1, 0.15) is 26.2 Å². The molecule has 1 aliphatic carbocycles. The van der Waals surface area contributed by atoms with Crippen LogP contribution >= 0.6 is 34.2 Å². The van der Waals surface area contributed by atoms with Crippen molar-refractivity contribution in [1.82, 2.24) is 0 Å². The molecule has 0 saturated heterocycles. The summed E-state index contributed by atoms with van der Waals surface area (Å²) in [5.41, 5.74) is 1.07. The van der Waals surface area contributed by atoms with E-state index >= 15 is 0 Å². The van der Waals surface area contributed by atoms with Gasteiger partial charge in [0, 0.05) is 32.7 Å². The van der Waals surface area contributed by atoms with Gasteiger partial charge < -0.3 is 5.32 Å². The highest BCUT2D eigenvalue weighted by molar-refractivity contribution is 14.1. The molecule has 17 heavy (non-hydrogen) atoms. The summed E-state index contributed by atoms with van der Waals surface area (Å²) in [5, 5.41) is 4.21. The molecule has 1 aromatic carbocycles. The predicted octanol–water partition coefficient (Wildman–Crippen LogP) is 4.11. The molecule has 0 amide bonds. The van der Waals surface area contributed by atoms with Crippen molar-refractivity contribution >= 4 is 45.7 Å². The molecule has 1 N–H and O–H groups in total. The van der Waals surface area contributed by atoms with E-state index in [0.29, 0.717) is 5.78 Å². The molecule has 2 rings (SSSR count). The van der Waals surface area contributed by atoms with E-state index in [1.165, 1.54) is 0 Å². The average molecular weight is 364 g/mol. The number of carbonyl (C=O) groups is 1. The highest BCUT2D eigenvalue weighted by Gasteiger charge is 2.28. The van der Waals surface area contributed by atoms with Gasteiger partial charge in [0.05, 0.1) is 0 Å². The number of hydrogen-bond acceptors (Lipinski definition) is 2. The summed E-state index contributed by atoms with van der Waals surface area (Å²) in [6.45, 7) is 2.02. The zero-order valence-corrected chi connectivity index (χ0v) is 12.6. The van der Waals surface area contributed by atoms with E-state index in [9.17, 15) is 4.79 Å². The molecule has 2 atom stereocenters. The van der Waals surface area contributed by atoms with Crippen molar-refractivity contribution in [2.75, 3.05) is 5.32 Å². The van der Waals surface area contributed by atoms with Crippen molar-refractivity contribution < 1.29 is 4.79 Å². The second-order valence-electron chi connectivity index (χ2n) is 4.52. The Morgan fingerprint density at radius 1 is 1.47 bits per heavy atom. The first-order valence-electron chi connectivity index (χ1n) is 5.82. The lowest BCUT2D eigenvalue weighted by molar-refractivity contribution is -0.124. The van der Waals surface area contributed by atoms with Gasteiger partial charge in [-0.15, -0.1) is 0 Å². The van der Waals surface area contributed by atoms with Gasteiger partial charge in [0.25, 0.3) is 0 Å². The first-order chi connectivity index (χ1) is 8.08. The highest BCUT2D eigenvalue weighted by Crippen LogP contribution is 2.28. The normalized spacial score (nSPS) is 24.8. The summed E-state index contributed by atoms with van der Waals surface area (Å²) in [6, 6.07) is 6.04. The zero-order chi connectivity index (χ0) is 12.4. The van der Waals surface area contributed by atoms with Crippen LogP contribution in [0.5, 0.6) is 0 Å². The van der Waals surface area contributed by atoms with E-state index in [2.05, 4.69) is 27.9 Å². The van der Waals surface area contributed by atoms with Gasteiger partial charge in [0.2, 0.25) is 0 Å². The summed E-state index contributed by atoms with van der Waals surface area (Å²) in [7, 11) is 0. The molecule has 92 valence electrons. The lowest BCUT2D eigenvalue weighted by Gasteiger charge is -2.29. The molecule has 1 saturated carbocycles. The SMILES string of the molecule is CC1C(=O)CCCC1Nc1ccc(Cl)cc1I. The van der Waals surface area contributed by atoms with Gasteiger partial charge in [-0.25, -0.2) is 0 Å². The van der Waals surface area contributed by atoms with Crippen LogP contribution in [0.4, 0.5) is 5.69 Å². The number of anilines is 1. The number of hydrogen-bond donors (Lipinski definition) is 1. The summed E-state index contributed by atoms with van der Waals surface area (Å²) >= 11 is 8.19. The Bertz CT molecular complexity index is 435. The monoisotopic (exact) mass is 363 g/mol. The third kappa shape index (κ3) is 3.13. The van der Waals surface area contributed by atoms with Gasteiger partial charge >= 0.3 is 0 Å². The first kappa shape index (κ1) is 13.1. The van der Waals surface area contributed by atoms with Crippen LogP contribution in [0.15, 0.2) is 18.2 Å². The average Bonchev–Trinajstić information content (AvgIpc) is 2.28. The molecular weight excluding hydrogens is 349 g/mol. The van der Waals surface area contributed by atoms with Crippen LogP contribution < -0.4 is 5.32 Å². The molecule has 4 heteroatoms. The predicted molar refractivity (Wildman–Crippen MR) is 79.6 cm³/mol. The van der Waals surface area contributed by atoms with E-state index in [4.69, 9.17) is 11.6 Å². The van der Waals surface area contributed by atoms with Gasteiger partial charge in [-0.3, -0.25) is 4.79 Å². The third-order valence-electron chi connectivity index (χ3n) is 3.32. The molecule has 0 spiro atoms. The molecule has 1 aromatic rings. The number of halogens is 2. The second-order valence-corrected chi connectivity index (χ2v) is 6.12. The highest BCUT2D eigenvalue weighted by atomic mass is 127. The fourth-order valence-corrected chi connectivity index (χ4v) is 3.23. The second kappa shape index (κ2) is 5.57. The molecule has 2 unspecified atom stereocenters. The Balaban J connectivity index is 2.12. The third-order valence-corrected chi connectivity index (χ3v) is 4.45. The van der Waals surface area contributed by atoms with Crippen molar-refractivity contribution in [2.45, 2.75) is 32.2 Å². The minimum absolute atomic E-state index is 0.107. The number of carbonyl (C=O) groups excluding carboxylic acids is 1. The van der Waals surface area contributed by atoms with E-state index in [0.717, 1.165) is 33.5 Å². The first-order valence-corrected chi connectivity index (χ1v) is 7.28. The molecule has 0 aromatic heterocycles. The van der Waals surface area contributed by atoms with E-state index < -0.39 is 0 Å². The van der Waals surface area contributed by atoms with Crippen molar-refractivity contribution in [3.8, 4) is 0 Å². The van der Waals surface area contributed by atoms with Gasteiger partial charge in [0.1, 0.15) is 5.78 Å². The number of rotatable bonds is 2. The fraction of sp³-hybridized carbons (Fsp3) is 0.462. The van der Waals surface area contributed by atoms with Crippen LogP contribution in [0.2, 0.25) is 5.02 Å². The van der Waals surface area contributed by atoms with E-state index in [1.54, 1.807) is 0 Å².